The van der Waals surface area contributed by atoms with Crippen LogP contribution < -0.4 is 5.48 Å². The summed E-state index contributed by atoms with van der Waals surface area (Å²) in [7, 11) is 0. The number of hydrogen-bond acceptors (Lipinski definition) is 4. The molecule has 136 valence electrons. The van der Waals surface area contributed by atoms with Gasteiger partial charge in [0.25, 0.3) is 0 Å². The van der Waals surface area contributed by atoms with Gasteiger partial charge in [-0.05, 0) is 37.0 Å². The van der Waals surface area contributed by atoms with Crippen LogP contribution in [0.25, 0.3) is 0 Å². The van der Waals surface area contributed by atoms with Crippen molar-refractivity contribution in [3.05, 3.63) is 34.9 Å². The summed E-state index contributed by atoms with van der Waals surface area (Å²) in [5.74, 6) is -3.88. The normalized spacial score (nSPS) is 19.3. The molecule has 3 unspecified atom stereocenters. The van der Waals surface area contributed by atoms with Crippen LogP contribution in [0.1, 0.15) is 37.7 Å². The van der Waals surface area contributed by atoms with Crippen molar-refractivity contribution < 1.29 is 24.7 Å². The Morgan fingerprint density at radius 1 is 1.32 bits per heavy atom. The summed E-state index contributed by atoms with van der Waals surface area (Å²) < 4.78 is 0. The molecule has 0 bridgehead atoms. The van der Waals surface area contributed by atoms with E-state index in [2.05, 4.69) is 0 Å². The van der Waals surface area contributed by atoms with Gasteiger partial charge >= 0.3 is 5.97 Å². The summed E-state index contributed by atoms with van der Waals surface area (Å²) in [6, 6.07) is 5.62. The topological polar surface area (TPSA) is 107 Å². The second-order valence-electron chi connectivity index (χ2n) is 6.05. The number of carboxylic acids is 1. The van der Waals surface area contributed by atoms with E-state index in [1.165, 1.54) is 4.90 Å². The van der Waals surface area contributed by atoms with E-state index in [9.17, 15) is 19.5 Å². The van der Waals surface area contributed by atoms with Crippen LogP contribution in [0.5, 0.6) is 0 Å². The van der Waals surface area contributed by atoms with E-state index in [0.717, 1.165) is 0 Å². The molecule has 1 fully saturated rings. The zero-order chi connectivity index (χ0) is 18.6. The number of hydrogen-bond donors (Lipinski definition) is 3. The molecule has 0 saturated carbocycles. The van der Waals surface area contributed by atoms with Crippen molar-refractivity contribution in [1.82, 2.24) is 10.4 Å². The van der Waals surface area contributed by atoms with E-state index < -0.39 is 35.7 Å². The van der Waals surface area contributed by atoms with Crippen molar-refractivity contribution in [2.75, 3.05) is 6.54 Å². The maximum absolute atomic E-state index is 13.1. The average molecular weight is 369 g/mol. The Morgan fingerprint density at radius 3 is 2.48 bits per heavy atom. The number of aliphatic carboxylic acids is 1. The monoisotopic (exact) mass is 368 g/mol. The second-order valence-corrected chi connectivity index (χ2v) is 6.48. The standard InChI is InChI=1S/C17H21ClN2O5/c1-2-12(15(21)19-25)14(10-5-7-11(18)8-6-10)16(22)20-9-3-4-13(20)17(23)24/h5-8,12-14,25H,2-4,9H2,1H3,(H,19,21)(H,23,24). The van der Waals surface area contributed by atoms with E-state index in [4.69, 9.17) is 16.8 Å². The van der Waals surface area contributed by atoms with Crippen molar-refractivity contribution >= 4 is 29.4 Å². The van der Waals surface area contributed by atoms with Crippen molar-refractivity contribution in [3.63, 3.8) is 0 Å². The second kappa shape index (κ2) is 8.31. The summed E-state index contributed by atoms with van der Waals surface area (Å²) in [4.78, 5) is 38.0. The highest BCUT2D eigenvalue weighted by Gasteiger charge is 2.42. The molecule has 2 rings (SSSR count). The SMILES string of the molecule is CCC(C(=O)NO)C(C(=O)N1CCCC1C(=O)O)c1ccc(Cl)cc1. The van der Waals surface area contributed by atoms with E-state index in [-0.39, 0.29) is 0 Å². The minimum atomic E-state index is -1.06. The highest BCUT2D eigenvalue weighted by Crippen LogP contribution is 2.33. The molecule has 0 aliphatic carbocycles. The van der Waals surface area contributed by atoms with Crippen LogP contribution >= 0.6 is 11.6 Å². The number of nitrogens with zero attached hydrogens (tertiary/aromatic N) is 1. The third-order valence-corrected chi connectivity index (χ3v) is 4.86. The molecule has 1 aromatic carbocycles. The number of nitrogens with one attached hydrogen (secondary N) is 1. The van der Waals surface area contributed by atoms with Gasteiger partial charge in [0.1, 0.15) is 6.04 Å². The predicted molar refractivity (Wildman–Crippen MR) is 90.3 cm³/mol. The Hall–Kier alpha value is -2.12. The van der Waals surface area contributed by atoms with E-state index >= 15 is 0 Å². The van der Waals surface area contributed by atoms with Gasteiger partial charge in [-0.15, -0.1) is 0 Å². The molecule has 0 radical (unpaired) electrons. The fraction of sp³-hybridized carbons (Fsp3) is 0.471. The van der Waals surface area contributed by atoms with Crippen molar-refractivity contribution in [2.24, 2.45) is 5.92 Å². The van der Waals surface area contributed by atoms with Gasteiger partial charge in [0.05, 0.1) is 11.8 Å². The number of carbonyl (C=O) groups is 3. The molecule has 1 aromatic rings. The van der Waals surface area contributed by atoms with Crippen LogP contribution in [-0.4, -0.2) is 45.6 Å². The fourth-order valence-corrected chi connectivity index (χ4v) is 3.46. The van der Waals surface area contributed by atoms with Gasteiger partial charge in [-0.1, -0.05) is 30.7 Å². The summed E-state index contributed by atoms with van der Waals surface area (Å²) in [6.45, 7) is 2.06. The average Bonchev–Trinajstić information content (AvgIpc) is 3.09. The summed E-state index contributed by atoms with van der Waals surface area (Å²) in [6.07, 6.45) is 1.29. The molecule has 0 aromatic heterocycles. The first-order chi connectivity index (χ1) is 11.9. The van der Waals surface area contributed by atoms with Gasteiger partial charge in [0, 0.05) is 11.6 Å². The van der Waals surface area contributed by atoms with E-state index in [0.29, 0.717) is 36.4 Å². The number of rotatable bonds is 6. The lowest BCUT2D eigenvalue weighted by Crippen LogP contribution is -2.46. The van der Waals surface area contributed by atoms with E-state index in [1.807, 2.05) is 0 Å². The van der Waals surface area contributed by atoms with Crippen molar-refractivity contribution in [2.45, 2.75) is 38.1 Å². The van der Waals surface area contributed by atoms with Gasteiger partial charge in [-0.3, -0.25) is 14.8 Å². The number of halogens is 1. The molecule has 1 aliphatic heterocycles. The molecule has 1 aliphatic rings. The van der Waals surface area contributed by atoms with Crippen LogP contribution in [0, 0.1) is 5.92 Å². The van der Waals surface area contributed by atoms with Crippen LogP contribution in [0.2, 0.25) is 5.02 Å². The first kappa shape index (κ1) is 19.2. The summed E-state index contributed by atoms with van der Waals surface area (Å²) in [5, 5.41) is 18.9. The lowest BCUT2D eigenvalue weighted by Gasteiger charge is -2.30. The smallest absolute Gasteiger partial charge is 0.326 e. The van der Waals surface area contributed by atoms with Crippen LogP contribution in [0.4, 0.5) is 0 Å². The molecule has 0 spiro atoms. The zero-order valence-electron chi connectivity index (χ0n) is 13.8. The Kier molecular flexibility index (Phi) is 6.39. The van der Waals surface area contributed by atoms with Gasteiger partial charge in [0.15, 0.2) is 0 Å². The molecule has 2 amide bonds. The Balaban J connectivity index is 2.43. The molecular weight excluding hydrogens is 348 g/mol. The number of carboxylic acid groups (broad SMARTS) is 1. The number of benzene rings is 1. The van der Waals surface area contributed by atoms with Crippen LogP contribution in [-0.2, 0) is 14.4 Å². The third kappa shape index (κ3) is 4.11. The first-order valence-electron chi connectivity index (χ1n) is 8.13. The minimum absolute atomic E-state index is 0.303. The molecule has 25 heavy (non-hydrogen) atoms. The van der Waals surface area contributed by atoms with Gasteiger partial charge < -0.3 is 10.0 Å². The van der Waals surface area contributed by atoms with Gasteiger partial charge in [0.2, 0.25) is 11.8 Å². The maximum Gasteiger partial charge on any atom is 0.326 e. The fourth-order valence-electron chi connectivity index (χ4n) is 3.34. The molecule has 7 nitrogen and oxygen atoms in total. The minimum Gasteiger partial charge on any atom is -0.480 e. The number of carbonyl (C=O) groups excluding carboxylic acids is 2. The lowest BCUT2D eigenvalue weighted by atomic mass is 9.82. The third-order valence-electron chi connectivity index (χ3n) is 4.61. The maximum atomic E-state index is 13.1. The number of amides is 2. The van der Waals surface area contributed by atoms with Crippen molar-refractivity contribution in [1.29, 1.82) is 0 Å². The molecule has 1 heterocycles. The van der Waals surface area contributed by atoms with E-state index in [1.54, 1.807) is 36.7 Å². The Bertz CT molecular complexity index is 649. The highest BCUT2D eigenvalue weighted by atomic mass is 35.5. The summed E-state index contributed by atoms with van der Waals surface area (Å²) in [5.41, 5.74) is 2.16. The zero-order valence-corrected chi connectivity index (χ0v) is 14.6. The molecule has 3 atom stereocenters. The molecule has 8 heteroatoms. The predicted octanol–water partition coefficient (Wildman–Crippen LogP) is 2.03. The number of likely N-dealkylation sites (tertiary alicyclic amines) is 1. The van der Waals surface area contributed by atoms with Gasteiger partial charge in [-0.2, -0.15) is 0 Å². The molecule has 3 N–H and O–H groups in total. The quantitative estimate of drug-likeness (QED) is 0.526. The first-order valence-corrected chi connectivity index (χ1v) is 8.51. The summed E-state index contributed by atoms with van der Waals surface area (Å²) >= 11 is 5.90. The van der Waals surface area contributed by atoms with Gasteiger partial charge in [-0.25, -0.2) is 10.3 Å². The lowest BCUT2D eigenvalue weighted by molar-refractivity contribution is -0.150. The Labute approximate surface area is 150 Å². The highest BCUT2D eigenvalue weighted by molar-refractivity contribution is 6.30. The molecular formula is C17H21ClN2O5. The van der Waals surface area contributed by atoms with Crippen LogP contribution in [0.3, 0.4) is 0 Å². The molecule has 1 saturated heterocycles. The Morgan fingerprint density at radius 2 is 1.96 bits per heavy atom. The van der Waals surface area contributed by atoms with Crippen molar-refractivity contribution in [3.8, 4) is 0 Å². The number of hydroxylamine groups is 1. The van der Waals surface area contributed by atoms with Crippen LogP contribution in [0.15, 0.2) is 24.3 Å². The largest absolute Gasteiger partial charge is 0.480 e.